The van der Waals surface area contributed by atoms with Gasteiger partial charge in [0.15, 0.2) is 0 Å². The van der Waals surface area contributed by atoms with Crippen LogP contribution >= 0.6 is 34.5 Å². The molecular weight excluding hydrogens is 174 g/mol. The Morgan fingerprint density at radius 2 is 1.50 bits per heavy atom. The number of hydrogen-bond donors (Lipinski definition) is 0. The Hall–Kier alpha value is 1.28. The Balaban J connectivity index is 0.000000490. The van der Waals surface area contributed by atoms with E-state index in [2.05, 4.69) is 0 Å². The molecule has 8 heavy (non-hydrogen) atoms. The van der Waals surface area contributed by atoms with Crippen molar-refractivity contribution in [2.75, 3.05) is 0 Å². The molecule has 0 atom stereocenters. The Morgan fingerprint density at radius 1 is 1.12 bits per heavy atom. The first-order chi connectivity index (χ1) is 3.29. The molecule has 1 rings (SSSR count). The molecule has 0 fully saturated rings. The molecule has 0 radical (unpaired) electrons. The van der Waals surface area contributed by atoms with Gasteiger partial charge in [-0.25, -0.2) is 0 Å². The third kappa shape index (κ3) is 2.72. The summed E-state index contributed by atoms with van der Waals surface area (Å²) in [6.45, 7) is 0. The van der Waals surface area contributed by atoms with Crippen LogP contribution in [0.2, 0.25) is 8.67 Å². The van der Waals surface area contributed by atoms with Gasteiger partial charge < -0.3 is 0 Å². The van der Waals surface area contributed by atoms with E-state index in [1.165, 1.54) is 11.3 Å². The summed E-state index contributed by atoms with van der Waals surface area (Å²) in [5.74, 6) is 0. The van der Waals surface area contributed by atoms with E-state index in [-0.39, 0.29) is 29.6 Å². The molecule has 0 spiro atoms. The SMILES string of the molecule is Clc1ccc(Cl)s1.[Na+]. The van der Waals surface area contributed by atoms with Crippen molar-refractivity contribution in [1.82, 2.24) is 0 Å². The Labute approximate surface area is 84.1 Å². The van der Waals surface area contributed by atoms with Gasteiger partial charge in [-0.05, 0) is 12.1 Å². The summed E-state index contributed by atoms with van der Waals surface area (Å²) in [4.78, 5) is 0. The average molecular weight is 176 g/mol. The standard InChI is InChI=1S/C4H2Cl2S.Na/c5-3-1-2-4(6)7-3;/h1-2H;/q;+1. The minimum absolute atomic E-state index is 0. The predicted molar refractivity (Wildman–Crippen MR) is 34.3 cm³/mol. The monoisotopic (exact) mass is 175 g/mol. The largest absolute Gasteiger partial charge is 1.00 e. The van der Waals surface area contributed by atoms with Gasteiger partial charge in [0.2, 0.25) is 0 Å². The number of rotatable bonds is 0. The van der Waals surface area contributed by atoms with Gasteiger partial charge in [0.05, 0.1) is 8.67 Å². The molecule has 0 aliphatic heterocycles. The molecule has 0 saturated carbocycles. The third-order valence-corrected chi connectivity index (χ3v) is 1.92. The van der Waals surface area contributed by atoms with Crippen molar-refractivity contribution in [2.45, 2.75) is 0 Å². The predicted octanol–water partition coefficient (Wildman–Crippen LogP) is 0.0589. The molecular formula is C4H2Cl2NaS+. The Kier molecular flexibility index (Phi) is 4.82. The van der Waals surface area contributed by atoms with Crippen LogP contribution in [0, 0.1) is 0 Å². The first-order valence-corrected chi connectivity index (χ1v) is 3.27. The van der Waals surface area contributed by atoms with Gasteiger partial charge in [0.1, 0.15) is 0 Å². The Bertz CT molecular complexity index is 146. The van der Waals surface area contributed by atoms with Gasteiger partial charge in [-0.1, -0.05) is 23.2 Å². The van der Waals surface area contributed by atoms with Gasteiger partial charge in [0.25, 0.3) is 0 Å². The van der Waals surface area contributed by atoms with Crippen LogP contribution in [-0.4, -0.2) is 0 Å². The maximum absolute atomic E-state index is 5.49. The molecule has 0 amide bonds. The fourth-order valence-corrected chi connectivity index (χ4v) is 1.49. The second kappa shape index (κ2) is 4.15. The van der Waals surface area contributed by atoms with E-state index in [4.69, 9.17) is 23.2 Å². The first kappa shape index (κ1) is 9.28. The van der Waals surface area contributed by atoms with Crippen molar-refractivity contribution in [1.29, 1.82) is 0 Å². The van der Waals surface area contributed by atoms with Gasteiger partial charge in [-0.15, -0.1) is 11.3 Å². The van der Waals surface area contributed by atoms with E-state index >= 15 is 0 Å². The summed E-state index contributed by atoms with van der Waals surface area (Å²) in [6, 6.07) is 3.54. The number of hydrogen-bond acceptors (Lipinski definition) is 1. The van der Waals surface area contributed by atoms with Crippen LogP contribution in [0.25, 0.3) is 0 Å². The fourth-order valence-electron chi connectivity index (χ4n) is 0.292. The molecule has 0 unspecified atom stereocenters. The van der Waals surface area contributed by atoms with Gasteiger partial charge >= 0.3 is 29.6 Å². The molecule has 4 heteroatoms. The molecule has 0 saturated heterocycles. The van der Waals surface area contributed by atoms with Crippen LogP contribution < -0.4 is 29.6 Å². The smallest absolute Gasteiger partial charge is 0.112 e. The maximum Gasteiger partial charge on any atom is 1.00 e. The van der Waals surface area contributed by atoms with E-state index in [1.54, 1.807) is 12.1 Å². The van der Waals surface area contributed by atoms with E-state index < -0.39 is 0 Å². The zero-order chi connectivity index (χ0) is 5.28. The second-order valence-electron chi connectivity index (χ2n) is 1.04. The van der Waals surface area contributed by atoms with Gasteiger partial charge in [-0.2, -0.15) is 0 Å². The molecule has 0 bridgehead atoms. The van der Waals surface area contributed by atoms with Crippen molar-refractivity contribution in [3.05, 3.63) is 20.8 Å². The summed E-state index contributed by atoms with van der Waals surface area (Å²) in [6.07, 6.45) is 0. The maximum atomic E-state index is 5.49. The molecule has 38 valence electrons. The summed E-state index contributed by atoms with van der Waals surface area (Å²) >= 11 is 12.4. The van der Waals surface area contributed by atoms with Crippen LogP contribution in [0.15, 0.2) is 12.1 Å². The zero-order valence-corrected chi connectivity index (χ0v) is 8.65. The minimum Gasteiger partial charge on any atom is -0.112 e. The van der Waals surface area contributed by atoms with E-state index in [1.807, 2.05) is 0 Å². The van der Waals surface area contributed by atoms with Crippen molar-refractivity contribution < 1.29 is 29.6 Å². The van der Waals surface area contributed by atoms with E-state index in [0.29, 0.717) is 0 Å². The average Bonchev–Trinajstić information content (AvgIpc) is 1.87. The molecule has 1 aromatic heterocycles. The molecule has 1 aromatic rings. The molecule has 0 aromatic carbocycles. The number of thiophene rings is 1. The topological polar surface area (TPSA) is 0 Å². The van der Waals surface area contributed by atoms with Crippen LogP contribution in [0.4, 0.5) is 0 Å². The summed E-state index contributed by atoms with van der Waals surface area (Å²) in [5.41, 5.74) is 0. The molecule has 0 nitrogen and oxygen atoms in total. The van der Waals surface area contributed by atoms with Crippen molar-refractivity contribution in [2.24, 2.45) is 0 Å². The van der Waals surface area contributed by atoms with Crippen LogP contribution in [-0.2, 0) is 0 Å². The molecule has 1 heterocycles. The molecule has 0 N–H and O–H groups in total. The van der Waals surface area contributed by atoms with Crippen LogP contribution in [0.3, 0.4) is 0 Å². The summed E-state index contributed by atoms with van der Waals surface area (Å²) < 4.78 is 1.48. The van der Waals surface area contributed by atoms with Crippen LogP contribution in [0.1, 0.15) is 0 Å². The van der Waals surface area contributed by atoms with Gasteiger partial charge in [-0.3, -0.25) is 0 Å². The number of halogens is 2. The van der Waals surface area contributed by atoms with E-state index in [9.17, 15) is 0 Å². The summed E-state index contributed by atoms with van der Waals surface area (Å²) in [7, 11) is 0. The van der Waals surface area contributed by atoms with Crippen molar-refractivity contribution >= 4 is 34.5 Å². The summed E-state index contributed by atoms with van der Waals surface area (Å²) in [5, 5.41) is 0. The normalized spacial score (nSPS) is 8.25. The van der Waals surface area contributed by atoms with Gasteiger partial charge in [0, 0.05) is 0 Å². The van der Waals surface area contributed by atoms with Crippen LogP contribution in [0.5, 0.6) is 0 Å². The molecule has 0 aliphatic carbocycles. The second-order valence-corrected chi connectivity index (χ2v) is 3.39. The fraction of sp³-hybridized carbons (Fsp3) is 0. The van der Waals surface area contributed by atoms with Crippen molar-refractivity contribution in [3.63, 3.8) is 0 Å². The third-order valence-electron chi connectivity index (χ3n) is 0.540. The van der Waals surface area contributed by atoms with Crippen molar-refractivity contribution in [3.8, 4) is 0 Å². The zero-order valence-electron chi connectivity index (χ0n) is 4.32. The molecule has 0 aliphatic rings. The minimum atomic E-state index is 0. The van der Waals surface area contributed by atoms with E-state index in [0.717, 1.165) is 8.67 Å². The first-order valence-electron chi connectivity index (χ1n) is 1.70. The quantitative estimate of drug-likeness (QED) is 0.490. The Morgan fingerprint density at radius 3 is 1.62 bits per heavy atom.